The van der Waals surface area contributed by atoms with Gasteiger partial charge in [-0.3, -0.25) is 0 Å². The van der Waals surface area contributed by atoms with Crippen molar-refractivity contribution in [1.29, 1.82) is 0 Å². The van der Waals surface area contributed by atoms with E-state index in [2.05, 4.69) is 42.2 Å². The Kier molecular flexibility index (Phi) is 5.43. The van der Waals surface area contributed by atoms with Crippen molar-refractivity contribution in [2.45, 2.75) is 32.9 Å². The van der Waals surface area contributed by atoms with Crippen molar-refractivity contribution in [2.24, 2.45) is 0 Å². The summed E-state index contributed by atoms with van der Waals surface area (Å²) >= 11 is 0. The third-order valence-corrected chi connectivity index (χ3v) is 2.74. The lowest BCUT2D eigenvalue weighted by atomic mass is 10.3. The van der Waals surface area contributed by atoms with Crippen LogP contribution in [0.15, 0.2) is 18.5 Å². The fourth-order valence-electron chi connectivity index (χ4n) is 1.41. The molecule has 0 amide bonds. The third kappa shape index (κ3) is 5.00. The van der Waals surface area contributed by atoms with Crippen molar-refractivity contribution in [3.05, 3.63) is 24.0 Å². The molecule has 0 saturated carbocycles. The molecule has 0 atom stereocenters. The lowest BCUT2D eigenvalue weighted by Crippen LogP contribution is -2.29. The first-order valence-corrected chi connectivity index (χ1v) is 5.73. The number of H-pyrrole nitrogens is 1. The predicted octanol–water partition coefficient (Wildman–Crippen LogP) is 1.83. The van der Waals surface area contributed by atoms with E-state index in [0.29, 0.717) is 6.04 Å². The summed E-state index contributed by atoms with van der Waals surface area (Å²) < 4.78 is 0. The van der Waals surface area contributed by atoms with Crippen LogP contribution in [0.4, 0.5) is 0 Å². The van der Waals surface area contributed by atoms with Gasteiger partial charge >= 0.3 is 0 Å². The maximum absolute atomic E-state index is 3.44. The monoisotopic (exact) mass is 209 g/mol. The van der Waals surface area contributed by atoms with Gasteiger partial charge in [-0.15, -0.1) is 0 Å². The van der Waals surface area contributed by atoms with E-state index in [9.17, 15) is 0 Å². The SMILES string of the molecule is CC(C)N(C)CCCNCc1cc[nH]c1. The van der Waals surface area contributed by atoms with Crippen LogP contribution in [0, 0.1) is 0 Å². The highest BCUT2D eigenvalue weighted by atomic mass is 15.1. The maximum Gasteiger partial charge on any atom is 0.0220 e. The van der Waals surface area contributed by atoms with Gasteiger partial charge in [-0.05, 0) is 52.0 Å². The van der Waals surface area contributed by atoms with Crippen molar-refractivity contribution in [1.82, 2.24) is 15.2 Å². The molecule has 15 heavy (non-hydrogen) atoms. The van der Waals surface area contributed by atoms with Crippen LogP contribution in [-0.4, -0.2) is 36.1 Å². The minimum atomic E-state index is 0.648. The second kappa shape index (κ2) is 6.64. The molecule has 2 N–H and O–H groups in total. The molecule has 0 aromatic carbocycles. The second-order valence-electron chi connectivity index (χ2n) is 4.32. The number of rotatable bonds is 7. The Morgan fingerprint density at radius 1 is 1.47 bits per heavy atom. The summed E-state index contributed by atoms with van der Waals surface area (Å²) in [6.45, 7) is 7.68. The van der Waals surface area contributed by atoms with Gasteiger partial charge in [0.1, 0.15) is 0 Å². The Morgan fingerprint density at radius 2 is 2.27 bits per heavy atom. The summed E-state index contributed by atoms with van der Waals surface area (Å²) in [5.41, 5.74) is 1.33. The van der Waals surface area contributed by atoms with Crippen molar-refractivity contribution in [2.75, 3.05) is 20.1 Å². The van der Waals surface area contributed by atoms with Crippen LogP contribution in [0.5, 0.6) is 0 Å². The molecule has 0 bridgehead atoms. The molecule has 3 heteroatoms. The largest absolute Gasteiger partial charge is 0.367 e. The molecule has 0 fully saturated rings. The van der Waals surface area contributed by atoms with E-state index in [1.807, 2.05) is 12.4 Å². The number of nitrogens with one attached hydrogen (secondary N) is 2. The molecule has 0 aliphatic rings. The zero-order valence-electron chi connectivity index (χ0n) is 10.1. The molecule has 0 aliphatic heterocycles. The highest BCUT2D eigenvalue weighted by Crippen LogP contribution is 1.96. The highest BCUT2D eigenvalue weighted by Gasteiger charge is 2.01. The molecular formula is C12H23N3. The Labute approximate surface area is 92.9 Å². The second-order valence-corrected chi connectivity index (χ2v) is 4.32. The summed E-state index contributed by atoms with van der Waals surface area (Å²) in [5, 5.41) is 3.44. The van der Waals surface area contributed by atoms with Gasteiger partial charge in [0.2, 0.25) is 0 Å². The van der Waals surface area contributed by atoms with Gasteiger partial charge in [0.25, 0.3) is 0 Å². The normalized spacial score (nSPS) is 11.5. The van der Waals surface area contributed by atoms with Crippen LogP contribution < -0.4 is 5.32 Å². The van der Waals surface area contributed by atoms with Crippen molar-refractivity contribution in [3.63, 3.8) is 0 Å². The fourth-order valence-corrected chi connectivity index (χ4v) is 1.41. The Morgan fingerprint density at radius 3 is 2.87 bits per heavy atom. The summed E-state index contributed by atoms with van der Waals surface area (Å²) in [6.07, 6.45) is 5.20. The van der Waals surface area contributed by atoms with Crippen molar-refractivity contribution >= 4 is 0 Å². The number of nitrogens with zero attached hydrogens (tertiary/aromatic N) is 1. The zero-order valence-corrected chi connectivity index (χ0v) is 10.1. The molecule has 1 heterocycles. The third-order valence-electron chi connectivity index (χ3n) is 2.74. The number of hydrogen-bond acceptors (Lipinski definition) is 2. The minimum absolute atomic E-state index is 0.648. The zero-order chi connectivity index (χ0) is 11.1. The van der Waals surface area contributed by atoms with Gasteiger partial charge in [-0.2, -0.15) is 0 Å². The molecule has 1 aromatic rings. The van der Waals surface area contributed by atoms with Gasteiger partial charge in [0, 0.05) is 25.0 Å². The minimum Gasteiger partial charge on any atom is -0.367 e. The van der Waals surface area contributed by atoms with E-state index >= 15 is 0 Å². The molecule has 86 valence electrons. The number of aromatic nitrogens is 1. The first kappa shape index (κ1) is 12.3. The van der Waals surface area contributed by atoms with Crippen LogP contribution >= 0.6 is 0 Å². The quantitative estimate of drug-likeness (QED) is 0.671. The van der Waals surface area contributed by atoms with Crippen LogP contribution in [0.1, 0.15) is 25.8 Å². The van der Waals surface area contributed by atoms with Crippen LogP contribution in [0.2, 0.25) is 0 Å². The molecule has 0 unspecified atom stereocenters. The Bertz CT molecular complexity index is 241. The average Bonchev–Trinajstić information content (AvgIpc) is 2.69. The van der Waals surface area contributed by atoms with Gasteiger partial charge in [0.05, 0.1) is 0 Å². The lowest BCUT2D eigenvalue weighted by molar-refractivity contribution is 0.269. The van der Waals surface area contributed by atoms with E-state index in [4.69, 9.17) is 0 Å². The number of hydrogen-bond donors (Lipinski definition) is 2. The van der Waals surface area contributed by atoms with Crippen LogP contribution in [0.3, 0.4) is 0 Å². The molecule has 3 nitrogen and oxygen atoms in total. The Balaban J connectivity index is 1.98. The molecular weight excluding hydrogens is 186 g/mol. The van der Waals surface area contributed by atoms with E-state index in [-0.39, 0.29) is 0 Å². The predicted molar refractivity (Wildman–Crippen MR) is 64.9 cm³/mol. The summed E-state index contributed by atoms with van der Waals surface area (Å²) in [7, 11) is 2.18. The molecule has 0 aliphatic carbocycles. The summed E-state index contributed by atoms with van der Waals surface area (Å²) in [5.74, 6) is 0. The molecule has 1 rings (SSSR count). The lowest BCUT2D eigenvalue weighted by Gasteiger charge is -2.20. The van der Waals surface area contributed by atoms with E-state index in [0.717, 1.165) is 19.6 Å². The van der Waals surface area contributed by atoms with Crippen LogP contribution in [0.25, 0.3) is 0 Å². The Hall–Kier alpha value is -0.800. The highest BCUT2D eigenvalue weighted by molar-refractivity contribution is 5.07. The molecule has 0 radical (unpaired) electrons. The first-order valence-electron chi connectivity index (χ1n) is 5.73. The fraction of sp³-hybridized carbons (Fsp3) is 0.667. The number of aromatic amines is 1. The van der Waals surface area contributed by atoms with E-state index < -0.39 is 0 Å². The van der Waals surface area contributed by atoms with Gasteiger partial charge in [0.15, 0.2) is 0 Å². The van der Waals surface area contributed by atoms with Gasteiger partial charge in [-0.1, -0.05) is 0 Å². The average molecular weight is 209 g/mol. The van der Waals surface area contributed by atoms with E-state index in [1.54, 1.807) is 0 Å². The van der Waals surface area contributed by atoms with Crippen molar-refractivity contribution in [3.8, 4) is 0 Å². The smallest absolute Gasteiger partial charge is 0.0220 e. The standard InChI is InChI=1S/C12H23N3/c1-11(2)15(3)8-4-6-13-9-12-5-7-14-10-12/h5,7,10-11,13-14H,4,6,8-9H2,1-3H3. The first-order chi connectivity index (χ1) is 7.20. The van der Waals surface area contributed by atoms with Crippen LogP contribution in [-0.2, 0) is 6.54 Å². The topological polar surface area (TPSA) is 31.1 Å². The van der Waals surface area contributed by atoms with Gasteiger partial charge in [-0.25, -0.2) is 0 Å². The maximum atomic E-state index is 3.44. The molecule has 1 aromatic heterocycles. The van der Waals surface area contributed by atoms with Gasteiger partial charge < -0.3 is 15.2 Å². The molecule has 0 spiro atoms. The summed E-state index contributed by atoms with van der Waals surface area (Å²) in [4.78, 5) is 5.43. The van der Waals surface area contributed by atoms with Crippen molar-refractivity contribution < 1.29 is 0 Å². The van der Waals surface area contributed by atoms with E-state index in [1.165, 1.54) is 12.0 Å². The molecule has 0 saturated heterocycles. The summed E-state index contributed by atoms with van der Waals surface area (Å²) in [6, 6.07) is 2.75.